The minimum atomic E-state index is 0.112. The predicted molar refractivity (Wildman–Crippen MR) is 95.2 cm³/mol. The molecule has 3 aromatic rings. The molecule has 7 nitrogen and oxygen atoms in total. The number of nitrogens with zero attached hydrogens (tertiary/aromatic N) is 5. The van der Waals surface area contributed by atoms with Crippen LogP contribution in [0.3, 0.4) is 0 Å². The number of rotatable bonds is 4. The molecule has 0 N–H and O–H groups in total. The van der Waals surface area contributed by atoms with Crippen LogP contribution in [0.25, 0.3) is 11.6 Å². The van der Waals surface area contributed by atoms with Gasteiger partial charge in [0.25, 0.3) is 0 Å². The van der Waals surface area contributed by atoms with E-state index in [1.807, 2.05) is 28.6 Å². The zero-order chi connectivity index (χ0) is 18.1. The number of oxazole rings is 1. The summed E-state index contributed by atoms with van der Waals surface area (Å²) in [6.45, 7) is 5.96. The number of amides is 1. The van der Waals surface area contributed by atoms with Crippen molar-refractivity contribution in [1.82, 2.24) is 24.6 Å². The number of carbonyl (C=O) groups is 1. The fourth-order valence-corrected chi connectivity index (χ4v) is 3.39. The smallest absolute Gasteiger partial charge is 0.247 e. The van der Waals surface area contributed by atoms with Gasteiger partial charge in [-0.25, -0.2) is 4.98 Å². The minimum absolute atomic E-state index is 0.112. The maximum absolute atomic E-state index is 12.7. The Bertz CT molecular complexity index is 929. The van der Waals surface area contributed by atoms with Gasteiger partial charge in [0.1, 0.15) is 5.76 Å². The number of hydrogen-bond acceptors (Lipinski definition) is 5. The van der Waals surface area contributed by atoms with Crippen LogP contribution in [-0.4, -0.2) is 37.1 Å². The highest BCUT2D eigenvalue weighted by Gasteiger charge is 2.29. The molecule has 0 unspecified atom stereocenters. The Morgan fingerprint density at radius 1 is 1.31 bits per heavy atom. The van der Waals surface area contributed by atoms with Gasteiger partial charge in [0.15, 0.2) is 5.69 Å². The Morgan fingerprint density at radius 3 is 2.81 bits per heavy atom. The van der Waals surface area contributed by atoms with Crippen LogP contribution in [0, 0.1) is 6.92 Å². The zero-order valence-corrected chi connectivity index (χ0v) is 15.0. The summed E-state index contributed by atoms with van der Waals surface area (Å²) in [5.74, 6) is 1.39. The van der Waals surface area contributed by atoms with E-state index in [1.165, 1.54) is 5.69 Å². The highest BCUT2D eigenvalue weighted by molar-refractivity contribution is 5.79. The lowest BCUT2D eigenvalue weighted by Gasteiger charge is -2.28. The van der Waals surface area contributed by atoms with Crippen LogP contribution in [0.1, 0.15) is 29.5 Å². The Labute approximate surface area is 151 Å². The van der Waals surface area contributed by atoms with Gasteiger partial charge in [-0.1, -0.05) is 0 Å². The van der Waals surface area contributed by atoms with Crippen LogP contribution in [0.2, 0.25) is 0 Å². The molecule has 1 amide bonds. The molecule has 4 heterocycles. The molecule has 0 aromatic carbocycles. The SMILES string of the molecule is CCn1nc(-c2ncc(C)o2)c2c1CCN(C(=O)Cc1ccncc1)C2. The average Bonchev–Trinajstić information content (AvgIpc) is 3.25. The summed E-state index contributed by atoms with van der Waals surface area (Å²) in [4.78, 5) is 23.0. The van der Waals surface area contributed by atoms with Crippen molar-refractivity contribution in [1.29, 1.82) is 0 Å². The van der Waals surface area contributed by atoms with E-state index < -0.39 is 0 Å². The van der Waals surface area contributed by atoms with E-state index in [9.17, 15) is 4.79 Å². The molecule has 3 aromatic heterocycles. The third kappa shape index (κ3) is 3.00. The summed E-state index contributed by atoms with van der Waals surface area (Å²) < 4.78 is 7.68. The van der Waals surface area contributed by atoms with Gasteiger partial charge in [-0.3, -0.25) is 14.5 Å². The minimum Gasteiger partial charge on any atom is -0.440 e. The molecule has 4 rings (SSSR count). The molecule has 0 bridgehead atoms. The molecule has 7 heteroatoms. The molecule has 26 heavy (non-hydrogen) atoms. The molecule has 1 aliphatic rings. The molecule has 134 valence electrons. The number of aryl methyl sites for hydroxylation is 2. The highest BCUT2D eigenvalue weighted by atomic mass is 16.4. The number of pyridine rings is 1. The Hall–Kier alpha value is -2.96. The topological polar surface area (TPSA) is 77.0 Å². The van der Waals surface area contributed by atoms with Crippen molar-refractivity contribution in [3.05, 3.63) is 53.3 Å². The lowest BCUT2D eigenvalue weighted by atomic mass is 10.0. The number of carbonyl (C=O) groups excluding carboxylic acids is 1. The third-order valence-corrected chi connectivity index (χ3v) is 4.71. The van der Waals surface area contributed by atoms with Crippen molar-refractivity contribution in [2.45, 2.75) is 39.8 Å². The van der Waals surface area contributed by atoms with Crippen LogP contribution in [0.4, 0.5) is 0 Å². The van der Waals surface area contributed by atoms with Crippen LogP contribution in [0.15, 0.2) is 35.1 Å². The number of aromatic nitrogens is 4. The van der Waals surface area contributed by atoms with Gasteiger partial charge in [-0.15, -0.1) is 0 Å². The predicted octanol–water partition coefficient (Wildman–Crippen LogP) is 2.39. The first-order valence-electron chi connectivity index (χ1n) is 8.83. The second-order valence-electron chi connectivity index (χ2n) is 6.46. The van der Waals surface area contributed by atoms with Crippen LogP contribution in [0.5, 0.6) is 0 Å². The fourth-order valence-electron chi connectivity index (χ4n) is 3.39. The van der Waals surface area contributed by atoms with E-state index in [4.69, 9.17) is 4.42 Å². The van der Waals surface area contributed by atoms with E-state index in [-0.39, 0.29) is 5.91 Å². The monoisotopic (exact) mass is 351 g/mol. The molecule has 0 spiro atoms. The molecule has 0 saturated heterocycles. The van der Waals surface area contributed by atoms with E-state index in [0.717, 1.165) is 35.5 Å². The van der Waals surface area contributed by atoms with Crippen molar-refractivity contribution in [3.8, 4) is 11.6 Å². The summed E-state index contributed by atoms with van der Waals surface area (Å²) in [5, 5.41) is 4.69. The third-order valence-electron chi connectivity index (χ3n) is 4.71. The van der Waals surface area contributed by atoms with Gasteiger partial charge in [-0.05, 0) is 31.5 Å². The average molecular weight is 351 g/mol. The van der Waals surface area contributed by atoms with Crippen molar-refractivity contribution >= 4 is 5.91 Å². The van der Waals surface area contributed by atoms with Crippen molar-refractivity contribution < 1.29 is 9.21 Å². The molecule has 0 saturated carbocycles. The maximum Gasteiger partial charge on any atom is 0.247 e. The summed E-state index contributed by atoms with van der Waals surface area (Å²) in [6, 6.07) is 3.76. The van der Waals surface area contributed by atoms with Crippen LogP contribution >= 0.6 is 0 Å². The standard InChI is InChI=1S/C19H21N5O2/c1-3-24-16-6-9-23(17(25)10-14-4-7-20-8-5-14)12-15(16)18(22-24)19-21-11-13(2)26-19/h4-5,7-8,11H,3,6,9-10,12H2,1-2H3. The Balaban J connectivity index is 1.61. The Morgan fingerprint density at radius 2 is 2.12 bits per heavy atom. The summed E-state index contributed by atoms with van der Waals surface area (Å²) in [7, 11) is 0. The molecular weight excluding hydrogens is 330 g/mol. The largest absolute Gasteiger partial charge is 0.440 e. The van der Waals surface area contributed by atoms with Gasteiger partial charge in [0, 0.05) is 49.7 Å². The van der Waals surface area contributed by atoms with Gasteiger partial charge in [-0.2, -0.15) is 5.10 Å². The summed E-state index contributed by atoms with van der Waals surface area (Å²) in [6.07, 6.45) is 6.30. The molecule has 0 fully saturated rings. The first-order valence-corrected chi connectivity index (χ1v) is 8.83. The van der Waals surface area contributed by atoms with Gasteiger partial charge in [0.2, 0.25) is 11.8 Å². The molecule has 1 aliphatic heterocycles. The van der Waals surface area contributed by atoms with Crippen molar-refractivity contribution in [2.75, 3.05) is 6.54 Å². The first-order chi connectivity index (χ1) is 12.7. The highest BCUT2D eigenvalue weighted by Crippen LogP contribution is 2.30. The molecule has 0 aliphatic carbocycles. The van der Waals surface area contributed by atoms with Crippen LogP contribution in [-0.2, 0) is 30.7 Å². The lowest BCUT2D eigenvalue weighted by Crippen LogP contribution is -2.37. The van der Waals surface area contributed by atoms with E-state index in [0.29, 0.717) is 25.4 Å². The van der Waals surface area contributed by atoms with Crippen molar-refractivity contribution in [2.24, 2.45) is 0 Å². The van der Waals surface area contributed by atoms with E-state index in [2.05, 4.69) is 22.0 Å². The second kappa shape index (κ2) is 6.74. The second-order valence-corrected chi connectivity index (χ2v) is 6.46. The number of hydrogen-bond donors (Lipinski definition) is 0. The first kappa shape index (κ1) is 16.5. The summed E-state index contributed by atoms with van der Waals surface area (Å²) in [5.41, 5.74) is 3.94. The zero-order valence-electron chi connectivity index (χ0n) is 15.0. The number of fused-ring (bicyclic) bond motifs is 1. The van der Waals surface area contributed by atoms with Gasteiger partial charge in [0.05, 0.1) is 12.6 Å². The molecular formula is C19H21N5O2. The molecule has 0 atom stereocenters. The maximum atomic E-state index is 12.7. The van der Waals surface area contributed by atoms with E-state index in [1.54, 1.807) is 18.6 Å². The quantitative estimate of drug-likeness (QED) is 0.721. The van der Waals surface area contributed by atoms with E-state index >= 15 is 0 Å². The fraction of sp³-hybridized carbons (Fsp3) is 0.368. The van der Waals surface area contributed by atoms with Crippen molar-refractivity contribution in [3.63, 3.8) is 0 Å². The normalized spacial score (nSPS) is 13.7. The Kier molecular flexibility index (Phi) is 4.28. The molecule has 0 radical (unpaired) electrons. The van der Waals surface area contributed by atoms with Gasteiger partial charge >= 0.3 is 0 Å². The van der Waals surface area contributed by atoms with Crippen LogP contribution < -0.4 is 0 Å². The lowest BCUT2D eigenvalue weighted by molar-refractivity contribution is -0.131. The van der Waals surface area contributed by atoms with Gasteiger partial charge < -0.3 is 9.32 Å². The summed E-state index contributed by atoms with van der Waals surface area (Å²) >= 11 is 0.